The van der Waals surface area contributed by atoms with Crippen LogP contribution in [0.3, 0.4) is 0 Å². The van der Waals surface area contributed by atoms with Crippen molar-refractivity contribution >= 4 is 48.3 Å². The number of aromatic nitrogens is 4. The number of thiazole rings is 1. The number of oxime groups is 1. The molecule has 1 fully saturated rings. The van der Waals surface area contributed by atoms with Crippen LogP contribution in [0.15, 0.2) is 58.7 Å². The summed E-state index contributed by atoms with van der Waals surface area (Å²) in [5.74, 6) is -0.129. The van der Waals surface area contributed by atoms with Crippen molar-refractivity contribution < 1.29 is 22.8 Å². The van der Waals surface area contributed by atoms with Crippen molar-refractivity contribution in [1.29, 1.82) is 0 Å². The van der Waals surface area contributed by atoms with Crippen LogP contribution in [0.4, 0.5) is 5.13 Å². The third-order valence-corrected chi connectivity index (χ3v) is 8.59. The number of hydrogen-bond acceptors (Lipinski definition) is 10. The maximum absolute atomic E-state index is 13.2. The first kappa shape index (κ1) is 23.9. The second-order valence-electron chi connectivity index (χ2n) is 8.11. The van der Waals surface area contributed by atoms with Gasteiger partial charge in [0.05, 0.1) is 17.3 Å². The van der Waals surface area contributed by atoms with Crippen molar-refractivity contribution in [2.45, 2.75) is 29.6 Å². The number of fused-ring (bicyclic) bond motifs is 1. The lowest BCUT2D eigenvalue weighted by molar-refractivity contribution is -0.110. The Balaban J connectivity index is 1.40. The van der Waals surface area contributed by atoms with Crippen LogP contribution in [-0.2, 0) is 33.1 Å². The van der Waals surface area contributed by atoms with Crippen molar-refractivity contribution in [2.24, 2.45) is 12.2 Å². The van der Waals surface area contributed by atoms with Crippen molar-refractivity contribution in [1.82, 2.24) is 19.7 Å². The number of amides is 1. The van der Waals surface area contributed by atoms with Gasteiger partial charge in [-0.15, -0.1) is 0 Å². The van der Waals surface area contributed by atoms with E-state index < -0.39 is 15.7 Å². The molecule has 5 rings (SSSR count). The molecule has 0 radical (unpaired) electrons. The molecule has 0 unspecified atom stereocenters. The number of nitrogens with zero attached hydrogens (tertiary/aromatic N) is 5. The first-order chi connectivity index (χ1) is 17.3. The smallest absolute Gasteiger partial charge is 0.280 e. The van der Waals surface area contributed by atoms with Gasteiger partial charge in [0.25, 0.3) is 5.91 Å². The molecule has 3 aromatic heterocycles. The van der Waals surface area contributed by atoms with Gasteiger partial charge in [-0.3, -0.25) is 14.8 Å². The van der Waals surface area contributed by atoms with Crippen LogP contribution in [0.2, 0.25) is 0 Å². The van der Waals surface area contributed by atoms with Gasteiger partial charge in [0.1, 0.15) is 16.0 Å². The van der Waals surface area contributed by atoms with E-state index in [0.29, 0.717) is 45.5 Å². The first-order valence-electron chi connectivity index (χ1n) is 11.0. The van der Waals surface area contributed by atoms with Gasteiger partial charge >= 0.3 is 0 Å². The number of hydrogen-bond donors (Lipinski definition) is 1. The number of ether oxygens (including phenoxy) is 1. The van der Waals surface area contributed by atoms with Crippen LogP contribution in [0.5, 0.6) is 5.88 Å². The fourth-order valence-electron chi connectivity index (χ4n) is 3.43. The van der Waals surface area contributed by atoms with E-state index in [4.69, 9.17) is 9.57 Å². The molecule has 11 nitrogen and oxygen atoms in total. The van der Waals surface area contributed by atoms with Crippen LogP contribution in [0.1, 0.15) is 24.1 Å². The largest absolute Gasteiger partial charge is 0.481 e. The number of carbonyl (C=O) groups is 1. The molecule has 1 saturated carbocycles. The number of rotatable bonds is 9. The summed E-state index contributed by atoms with van der Waals surface area (Å²) < 4.78 is 31.9. The Morgan fingerprint density at radius 1 is 1.17 bits per heavy atom. The van der Waals surface area contributed by atoms with E-state index in [2.05, 4.69) is 25.5 Å². The fraction of sp³-hybridized carbons (Fsp3) is 0.261. The molecular formula is C23H22N6O5S2. The minimum atomic E-state index is -3.36. The number of carbonyl (C=O) groups excluding carboxylic acids is 1. The number of benzene rings is 1. The minimum absolute atomic E-state index is 0.0360. The minimum Gasteiger partial charge on any atom is -0.481 e. The molecule has 0 atom stereocenters. The number of pyridine rings is 1. The second-order valence-corrected chi connectivity index (χ2v) is 11.3. The summed E-state index contributed by atoms with van der Waals surface area (Å²) in [6, 6.07) is 11.3. The lowest BCUT2D eigenvalue weighted by Crippen LogP contribution is -2.24. The molecule has 0 saturated heterocycles. The predicted octanol–water partition coefficient (Wildman–Crippen LogP) is 2.93. The SMILES string of the molecule is COc1ccc2nc(NC(=O)C(=NOCc3ccn(C)n3)c3ccc(S(=O)(=O)C4CC4)cc3)sc2n1. The van der Waals surface area contributed by atoms with Gasteiger partial charge in [-0.25, -0.2) is 18.4 Å². The average Bonchev–Trinajstić information content (AvgIpc) is 3.55. The molecule has 0 spiro atoms. The lowest BCUT2D eigenvalue weighted by atomic mass is 10.1. The summed E-state index contributed by atoms with van der Waals surface area (Å²) in [5, 5.41) is 11.0. The monoisotopic (exact) mass is 526 g/mol. The standard InChI is InChI=1S/C23H22N6O5S2/c1-29-12-11-15(27-29)13-34-28-20(14-3-5-16(6-4-14)36(31,32)17-7-8-17)21(30)26-23-24-18-9-10-19(33-2)25-22(18)35-23/h3-6,9-12,17H,7-8,13H2,1-2H3,(H,24,26,30). The molecule has 0 aliphatic heterocycles. The maximum Gasteiger partial charge on any atom is 0.280 e. The lowest BCUT2D eigenvalue weighted by Gasteiger charge is -2.08. The van der Waals surface area contributed by atoms with E-state index in [1.165, 1.54) is 30.6 Å². The second kappa shape index (κ2) is 9.66. The molecule has 13 heteroatoms. The van der Waals surface area contributed by atoms with E-state index in [1.807, 2.05) is 0 Å². The Kier molecular flexibility index (Phi) is 6.41. The molecular weight excluding hydrogens is 504 g/mol. The summed E-state index contributed by atoms with van der Waals surface area (Å²) in [6.07, 6.45) is 3.11. The van der Waals surface area contributed by atoms with Gasteiger partial charge in [0.15, 0.2) is 27.3 Å². The highest BCUT2D eigenvalue weighted by Gasteiger charge is 2.36. The van der Waals surface area contributed by atoms with E-state index in [1.54, 1.807) is 48.3 Å². The van der Waals surface area contributed by atoms with Gasteiger partial charge in [-0.05, 0) is 37.1 Å². The predicted molar refractivity (Wildman–Crippen MR) is 134 cm³/mol. The zero-order valence-electron chi connectivity index (χ0n) is 19.4. The number of sulfone groups is 1. The van der Waals surface area contributed by atoms with Crippen molar-refractivity contribution in [3.05, 3.63) is 59.9 Å². The fourth-order valence-corrected chi connectivity index (χ4v) is 5.91. The molecule has 36 heavy (non-hydrogen) atoms. The average molecular weight is 527 g/mol. The third-order valence-electron chi connectivity index (χ3n) is 5.43. The van der Waals surface area contributed by atoms with Gasteiger partial charge < -0.3 is 9.57 Å². The molecule has 0 bridgehead atoms. The van der Waals surface area contributed by atoms with Crippen molar-refractivity contribution in [3.8, 4) is 5.88 Å². The van der Waals surface area contributed by atoms with E-state index in [9.17, 15) is 13.2 Å². The van der Waals surface area contributed by atoms with E-state index in [-0.39, 0.29) is 22.5 Å². The summed E-state index contributed by atoms with van der Waals surface area (Å²) in [7, 11) is -0.0524. The number of anilines is 1. The zero-order valence-corrected chi connectivity index (χ0v) is 21.0. The molecule has 3 heterocycles. The number of methoxy groups -OCH3 is 1. The van der Waals surface area contributed by atoms with Crippen molar-refractivity contribution in [2.75, 3.05) is 12.4 Å². The van der Waals surface area contributed by atoms with Crippen LogP contribution in [0, 0.1) is 0 Å². The summed E-state index contributed by atoms with van der Waals surface area (Å²) in [5.41, 5.74) is 1.60. The Labute approximate surface area is 210 Å². The first-order valence-corrected chi connectivity index (χ1v) is 13.4. The molecule has 1 aliphatic rings. The highest BCUT2D eigenvalue weighted by molar-refractivity contribution is 7.92. The summed E-state index contributed by atoms with van der Waals surface area (Å²) in [6.45, 7) is 0.0522. The van der Waals surface area contributed by atoms with Gasteiger partial charge in [0, 0.05) is 24.9 Å². The third kappa shape index (κ3) is 5.06. The quantitative estimate of drug-likeness (QED) is 0.260. The molecule has 186 valence electrons. The Hall–Kier alpha value is -3.84. The van der Waals surface area contributed by atoms with Crippen LogP contribution in [0.25, 0.3) is 10.3 Å². The van der Waals surface area contributed by atoms with Gasteiger partial charge in [0.2, 0.25) is 5.88 Å². The normalized spacial score (nSPS) is 14.1. The Morgan fingerprint density at radius 3 is 2.61 bits per heavy atom. The maximum atomic E-state index is 13.2. The summed E-state index contributed by atoms with van der Waals surface area (Å²) in [4.78, 5) is 28.2. The van der Waals surface area contributed by atoms with Crippen LogP contribution < -0.4 is 10.1 Å². The molecule has 1 aliphatic carbocycles. The van der Waals surface area contributed by atoms with Crippen LogP contribution in [-0.4, -0.2) is 52.1 Å². The van der Waals surface area contributed by atoms with E-state index in [0.717, 1.165) is 0 Å². The Bertz CT molecular complexity index is 1560. The highest BCUT2D eigenvalue weighted by atomic mass is 32.2. The molecule has 1 N–H and O–H groups in total. The summed E-state index contributed by atoms with van der Waals surface area (Å²) >= 11 is 1.19. The Morgan fingerprint density at radius 2 is 1.94 bits per heavy atom. The highest BCUT2D eigenvalue weighted by Crippen LogP contribution is 2.33. The van der Waals surface area contributed by atoms with Crippen LogP contribution >= 0.6 is 11.3 Å². The zero-order chi connectivity index (χ0) is 25.3. The number of aryl methyl sites for hydroxylation is 1. The topological polar surface area (TPSA) is 138 Å². The number of nitrogens with one attached hydrogen (secondary N) is 1. The van der Waals surface area contributed by atoms with Gasteiger partial charge in [-0.2, -0.15) is 5.10 Å². The van der Waals surface area contributed by atoms with Crippen molar-refractivity contribution in [3.63, 3.8) is 0 Å². The van der Waals surface area contributed by atoms with E-state index >= 15 is 0 Å². The van der Waals surface area contributed by atoms with Gasteiger partial charge in [-0.1, -0.05) is 28.6 Å². The molecule has 4 aromatic rings. The molecule has 1 amide bonds. The molecule has 1 aromatic carbocycles.